The minimum atomic E-state index is -4.46. The van der Waals surface area contributed by atoms with Crippen molar-refractivity contribution in [2.24, 2.45) is 16.6 Å². The third-order valence-electron chi connectivity index (χ3n) is 3.68. The van der Waals surface area contributed by atoms with E-state index in [9.17, 15) is 18.0 Å². The van der Waals surface area contributed by atoms with Gasteiger partial charge in [-0.25, -0.2) is 4.99 Å². The lowest BCUT2D eigenvalue weighted by Gasteiger charge is -2.32. The summed E-state index contributed by atoms with van der Waals surface area (Å²) in [4.78, 5) is 15.9. The average molecular weight is 354 g/mol. The number of carbonyl (C=O) groups is 1. The Hall–Kier alpha value is -2.80. The van der Waals surface area contributed by atoms with Gasteiger partial charge in [0.15, 0.2) is 12.2 Å². The van der Waals surface area contributed by atoms with Gasteiger partial charge in [-0.15, -0.1) is 0 Å². The number of nitrogens with zero attached hydrogens (tertiary/aromatic N) is 2. The van der Waals surface area contributed by atoms with E-state index in [-0.39, 0.29) is 30.0 Å². The molecule has 7 nitrogen and oxygen atoms in total. The molecule has 0 aliphatic carbocycles. The Morgan fingerprint density at radius 1 is 1.48 bits per heavy atom. The quantitative estimate of drug-likeness (QED) is 0.483. The first-order valence-electron chi connectivity index (χ1n) is 7.41. The molecular formula is C15H17F3N6O. The van der Waals surface area contributed by atoms with Gasteiger partial charge in [-0.3, -0.25) is 10.1 Å². The number of halogens is 3. The molecule has 1 amide bonds. The van der Waals surface area contributed by atoms with E-state index in [1.165, 1.54) is 12.1 Å². The minimum absolute atomic E-state index is 0.0639. The molecule has 1 aromatic carbocycles. The average Bonchev–Trinajstić information content (AvgIpc) is 2.50. The molecule has 3 atom stereocenters. The fourth-order valence-corrected chi connectivity index (χ4v) is 2.41. The lowest BCUT2D eigenvalue weighted by atomic mass is 9.95. The van der Waals surface area contributed by atoms with Crippen LogP contribution in [0.3, 0.4) is 0 Å². The van der Waals surface area contributed by atoms with Crippen LogP contribution in [0.2, 0.25) is 0 Å². The molecule has 0 aromatic heterocycles. The van der Waals surface area contributed by atoms with E-state index >= 15 is 0 Å². The number of nitrogens with two attached hydrogens (primary N) is 1. The maximum atomic E-state index is 12.7. The number of alkyl halides is 3. The number of anilines is 1. The van der Waals surface area contributed by atoms with Crippen molar-refractivity contribution in [1.82, 2.24) is 10.6 Å². The number of nitrogens with one attached hydrogen (secondary N) is 3. The van der Waals surface area contributed by atoms with Crippen LogP contribution in [0.5, 0.6) is 0 Å². The number of guanidine groups is 1. The molecule has 5 N–H and O–H groups in total. The largest absolute Gasteiger partial charge is 0.416 e. The maximum absolute atomic E-state index is 12.7. The Labute approximate surface area is 142 Å². The monoisotopic (exact) mass is 354 g/mol. The molecule has 0 spiro atoms. The van der Waals surface area contributed by atoms with Crippen molar-refractivity contribution < 1.29 is 18.0 Å². The van der Waals surface area contributed by atoms with Gasteiger partial charge in [-0.1, -0.05) is 6.07 Å². The molecule has 1 aliphatic heterocycles. The van der Waals surface area contributed by atoms with E-state index in [2.05, 4.69) is 20.9 Å². The van der Waals surface area contributed by atoms with Crippen molar-refractivity contribution in [1.29, 1.82) is 5.26 Å². The SMILES string of the molecule is CC1NC(/N=C(\N)Nc2cccc(C(F)(F)F)c2)NC(=O)C1CC#N. The van der Waals surface area contributed by atoms with Crippen LogP contribution >= 0.6 is 0 Å². The Bertz CT molecular complexity index is 712. The van der Waals surface area contributed by atoms with Crippen LogP contribution in [0.15, 0.2) is 29.3 Å². The highest BCUT2D eigenvalue weighted by Gasteiger charge is 2.33. The number of hydrogen-bond acceptors (Lipinski definition) is 4. The molecule has 1 aromatic rings. The standard InChI is InChI=1S/C15H17F3N6O/c1-8-11(5-6-19)12(25)23-14(21-8)24-13(20)22-10-4-2-3-9(7-10)15(16,17)18/h2-4,7-8,11,14,21H,5H2,1H3,(H,23,25)(H3,20,22,24). The van der Waals surface area contributed by atoms with Crippen LogP contribution < -0.4 is 21.7 Å². The maximum Gasteiger partial charge on any atom is 0.416 e. The molecule has 134 valence electrons. The lowest BCUT2D eigenvalue weighted by molar-refractivity contribution is -0.137. The fourth-order valence-electron chi connectivity index (χ4n) is 2.41. The molecule has 1 saturated heterocycles. The van der Waals surface area contributed by atoms with E-state index in [1.54, 1.807) is 6.92 Å². The highest BCUT2D eigenvalue weighted by molar-refractivity contribution is 5.92. The molecule has 2 rings (SSSR count). The fraction of sp³-hybridized carbons (Fsp3) is 0.400. The van der Waals surface area contributed by atoms with Crippen LogP contribution in [0, 0.1) is 17.2 Å². The van der Waals surface area contributed by atoms with Gasteiger partial charge in [0, 0.05) is 18.2 Å². The zero-order chi connectivity index (χ0) is 18.6. The number of carbonyl (C=O) groups excluding carboxylic acids is 1. The zero-order valence-corrected chi connectivity index (χ0v) is 13.3. The van der Waals surface area contributed by atoms with Crippen molar-refractivity contribution in [3.05, 3.63) is 29.8 Å². The lowest BCUT2D eigenvalue weighted by Crippen LogP contribution is -2.60. The Morgan fingerprint density at radius 3 is 2.80 bits per heavy atom. The summed E-state index contributed by atoms with van der Waals surface area (Å²) in [6, 6.07) is 6.14. The molecule has 0 saturated carbocycles. The first-order chi connectivity index (χ1) is 11.7. The zero-order valence-electron chi connectivity index (χ0n) is 13.3. The van der Waals surface area contributed by atoms with Gasteiger partial charge < -0.3 is 16.4 Å². The second kappa shape index (κ2) is 7.40. The predicted octanol–water partition coefficient (Wildman–Crippen LogP) is 1.35. The highest BCUT2D eigenvalue weighted by atomic mass is 19.4. The van der Waals surface area contributed by atoms with E-state index in [1.807, 2.05) is 6.07 Å². The second-order valence-electron chi connectivity index (χ2n) is 5.55. The molecule has 3 unspecified atom stereocenters. The minimum Gasteiger partial charge on any atom is -0.370 e. The summed E-state index contributed by atoms with van der Waals surface area (Å²) in [5, 5.41) is 16.8. The molecule has 25 heavy (non-hydrogen) atoms. The van der Waals surface area contributed by atoms with Gasteiger partial charge in [0.1, 0.15) is 0 Å². The molecular weight excluding hydrogens is 337 g/mol. The van der Waals surface area contributed by atoms with Gasteiger partial charge in [0.25, 0.3) is 0 Å². The molecule has 0 bridgehead atoms. The van der Waals surface area contributed by atoms with Gasteiger partial charge in [-0.05, 0) is 25.1 Å². The Kier molecular flexibility index (Phi) is 5.48. The number of aliphatic imine (C=N–C) groups is 1. The Balaban J connectivity index is 2.05. The smallest absolute Gasteiger partial charge is 0.370 e. The van der Waals surface area contributed by atoms with Crippen molar-refractivity contribution >= 4 is 17.6 Å². The summed E-state index contributed by atoms with van der Waals surface area (Å²) in [5.41, 5.74) is 5.00. The van der Waals surface area contributed by atoms with Crippen molar-refractivity contribution in [2.45, 2.75) is 31.9 Å². The summed E-state index contributed by atoms with van der Waals surface area (Å²) >= 11 is 0. The topological polar surface area (TPSA) is 115 Å². The van der Waals surface area contributed by atoms with Crippen molar-refractivity contribution in [3.63, 3.8) is 0 Å². The van der Waals surface area contributed by atoms with Crippen molar-refractivity contribution in [3.8, 4) is 6.07 Å². The second-order valence-corrected chi connectivity index (χ2v) is 5.55. The summed E-state index contributed by atoms with van der Waals surface area (Å²) in [6.07, 6.45) is -5.24. The van der Waals surface area contributed by atoms with Gasteiger partial charge in [0.2, 0.25) is 5.91 Å². The Morgan fingerprint density at radius 2 is 2.20 bits per heavy atom. The highest BCUT2D eigenvalue weighted by Crippen LogP contribution is 2.30. The van der Waals surface area contributed by atoms with Crippen LogP contribution in [0.1, 0.15) is 18.9 Å². The van der Waals surface area contributed by atoms with E-state index in [0.29, 0.717) is 0 Å². The molecule has 1 aliphatic rings. The summed E-state index contributed by atoms with van der Waals surface area (Å²) < 4.78 is 38.1. The van der Waals surface area contributed by atoms with Gasteiger partial charge in [-0.2, -0.15) is 18.4 Å². The van der Waals surface area contributed by atoms with E-state index in [4.69, 9.17) is 11.0 Å². The number of amides is 1. The van der Waals surface area contributed by atoms with E-state index < -0.39 is 23.9 Å². The van der Waals surface area contributed by atoms with Crippen LogP contribution in [-0.2, 0) is 11.0 Å². The van der Waals surface area contributed by atoms with E-state index in [0.717, 1.165) is 12.1 Å². The van der Waals surface area contributed by atoms with Crippen LogP contribution in [-0.4, -0.2) is 24.2 Å². The molecule has 1 heterocycles. The normalized spacial score (nSPS) is 24.4. The van der Waals surface area contributed by atoms with Gasteiger partial charge >= 0.3 is 6.18 Å². The molecule has 0 radical (unpaired) electrons. The number of benzene rings is 1. The predicted molar refractivity (Wildman–Crippen MR) is 84.9 cm³/mol. The van der Waals surface area contributed by atoms with Gasteiger partial charge in [0.05, 0.1) is 17.6 Å². The third kappa shape index (κ3) is 4.84. The number of rotatable bonds is 3. The first-order valence-corrected chi connectivity index (χ1v) is 7.41. The third-order valence-corrected chi connectivity index (χ3v) is 3.68. The number of hydrogen-bond donors (Lipinski definition) is 4. The molecule has 1 fully saturated rings. The number of nitriles is 1. The first kappa shape index (κ1) is 18.5. The van der Waals surface area contributed by atoms with Crippen molar-refractivity contribution in [2.75, 3.05) is 5.32 Å². The molecule has 10 heteroatoms. The summed E-state index contributed by atoms with van der Waals surface area (Å²) in [6.45, 7) is 1.74. The summed E-state index contributed by atoms with van der Waals surface area (Å²) in [7, 11) is 0. The van der Waals surface area contributed by atoms with Crippen LogP contribution in [0.25, 0.3) is 0 Å². The van der Waals surface area contributed by atoms with Crippen LogP contribution in [0.4, 0.5) is 18.9 Å². The summed E-state index contributed by atoms with van der Waals surface area (Å²) in [5.74, 6) is -1.01.